The Morgan fingerprint density at radius 3 is 2.91 bits per heavy atom. The minimum atomic E-state index is -0.271. The van der Waals surface area contributed by atoms with Gasteiger partial charge in [-0.05, 0) is 50.8 Å². The Kier molecular flexibility index (Phi) is 5.99. The highest BCUT2D eigenvalue weighted by atomic mass is 19.1. The normalized spacial score (nSPS) is 17.2. The third kappa shape index (κ3) is 3.87. The van der Waals surface area contributed by atoms with Gasteiger partial charge in [0.15, 0.2) is 0 Å². The molecule has 22 heavy (non-hydrogen) atoms. The molecule has 0 bridgehead atoms. The second-order valence-corrected chi connectivity index (χ2v) is 5.47. The molecule has 0 radical (unpaired) electrons. The minimum absolute atomic E-state index is 0.271. The second kappa shape index (κ2) is 7.97. The van der Waals surface area contributed by atoms with Crippen molar-refractivity contribution in [2.45, 2.75) is 52.5 Å². The van der Waals surface area contributed by atoms with Gasteiger partial charge in [0, 0.05) is 17.8 Å². The van der Waals surface area contributed by atoms with Crippen molar-refractivity contribution in [3.8, 4) is 0 Å². The van der Waals surface area contributed by atoms with Gasteiger partial charge in [0.1, 0.15) is 11.6 Å². The number of allylic oxidation sites excluding steroid dienone is 5. The van der Waals surface area contributed by atoms with E-state index in [1.165, 1.54) is 24.6 Å². The number of rotatable bonds is 5. The quantitative estimate of drug-likeness (QED) is 0.577. The molecule has 0 unspecified atom stereocenters. The predicted octanol–water partition coefficient (Wildman–Crippen LogP) is 4.81. The zero-order chi connectivity index (χ0) is 15.9. The van der Waals surface area contributed by atoms with Gasteiger partial charge in [-0.15, -0.1) is 0 Å². The van der Waals surface area contributed by atoms with Crippen LogP contribution in [0.25, 0.3) is 5.57 Å². The summed E-state index contributed by atoms with van der Waals surface area (Å²) in [5, 5.41) is 4.61. The second-order valence-electron chi connectivity index (χ2n) is 5.47. The van der Waals surface area contributed by atoms with E-state index in [2.05, 4.69) is 5.10 Å². The molecule has 1 aliphatic heterocycles. The molecule has 0 amide bonds. The van der Waals surface area contributed by atoms with Gasteiger partial charge in [0.05, 0.1) is 12.8 Å². The fourth-order valence-electron chi connectivity index (χ4n) is 2.69. The van der Waals surface area contributed by atoms with Crippen LogP contribution in [-0.2, 0) is 17.7 Å². The average molecular weight is 304 g/mol. The molecule has 0 fully saturated rings. The van der Waals surface area contributed by atoms with E-state index in [9.17, 15) is 4.39 Å². The Morgan fingerprint density at radius 1 is 1.41 bits per heavy atom. The summed E-state index contributed by atoms with van der Waals surface area (Å²) >= 11 is 0. The lowest BCUT2D eigenvalue weighted by molar-refractivity contribution is 0.305. The van der Waals surface area contributed by atoms with Gasteiger partial charge < -0.3 is 4.74 Å². The van der Waals surface area contributed by atoms with Crippen molar-refractivity contribution < 1.29 is 9.13 Å². The molecule has 0 atom stereocenters. The van der Waals surface area contributed by atoms with Gasteiger partial charge in [0.25, 0.3) is 0 Å². The summed E-state index contributed by atoms with van der Waals surface area (Å²) in [7, 11) is 1.60. The van der Waals surface area contributed by atoms with Gasteiger partial charge in [-0.25, -0.2) is 4.39 Å². The molecule has 120 valence electrons. The summed E-state index contributed by atoms with van der Waals surface area (Å²) in [6, 6.07) is 2.01. The zero-order valence-electron chi connectivity index (χ0n) is 13.7. The summed E-state index contributed by atoms with van der Waals surface area (Å²) in [4.78, 5) is 0. The van der Waals surface area contributed by atoms with E-state index in [0.717, 1.165) is 25.8 Å². The molecule has 0 saturated carbocycles. The lowest BCUT2D eigenvalue weighted by Gasteiger charge is -2.05. The summed E-state index contributed by atoms with van der Waals surface area (Å²) in [6.07, 6.45) is 10.5. The molecule has 4 heteroatoms. The molecule has 0 spiro atoms. The van der Waals surface area contributed by atoms with E-state index >= 15 is 0 Å². The first-order chi connectivity index (χ1) is 10.7. The number of ether oxygens (including phenoxy) is 1. The van der Waals surface area contributed by atoms with Crippen molar-refractivity contribution in [1.29, 1.82) is 0 Å². The first kappa shape index (κ1) is 16.5. The highest BCUT2D eigenvalue weighted by Gasteiger charge is 2.16. The van der Waals surface area contributed by atoms with Crippen LogP contribution in [0.15, 0.2) is 35.9 Å². The molecule has 0 N–H and O–H groups in total. The van der Waals surface area contributed by atoms with Gasteiger partial charge in [-0.3, -0.25) is 4.68 Å². The van der Waals surface area contributed by atoms with Crippen molar-refractivity contribution in [2.24, 2.45) is 0 Å². The van der Waals surface area contributed by atoms with Crippen LogP contribution in [0.2, 0.25) is 0 Å². The van der Waals surface area contributed by atoms with Crippen molar-refractivity contribution in [3.63, 3.8) is 0 Å². The summed E-state index contributed by atoms with van der Waals surface area (Å²) < 4.78 is 21.7. The SMILES string of the molecule is C\C=C(F)/C(=C\C(=C\CC)OC)c1cc2n(n1)CCCCC2. The number of halogens is 1. The topological polar surface area (TPSA) is 27.1 Å². The Balaban J connectivity index is 2.42. The molecule has 1 aromatic heterocycles. The maximum Gasteiger partial charge on any atom is 0.128 e. The minimum Gasteiger partial charge on any atom is -0.497 e. The lowest BCUT2D eigenvalue weighted by Crippen LogP contribution is -2.02. The van der Waals surface area contributed by atoms with Gasteiger partial charge in [-0.2, -0.15) is 5.10 Å². The van der Waals surface area contributed by atoms with Crippen LogP contribution in [0.5, 0.6) is 0 Å². The number of aromatic nitrogens is 2. The van der Waals surface area contributed by atoms with Crippen LogP contribution in [-0.4, -0.2) is 16.9 Å². The smallest absolute Gasteiger partial charge is 0.128 e. The van der Waals surface area contributed by atoms with Crippen LogP contribution in [0.1, 0.15) is 50.9 Å². The third-order valence-corrected chi connectivity index (χ3v) is 3.88. The number of methoxy groups -OCH3 is 1. The fourth-order valence-corrected chi connectivity index (χ4v) is 2.69. The van der Waals surface area contributed by atoms with Crippen LogP contribution in [0, 0.1) is 0 Å². The Hall–Kier alpha value is -1.84. The standard InChI is InChI=1S/C18H25FN2O/c1-4-9-15(22-3)13-16(17(19)5-2)18-12-14-10-7-6-8-11-21(14)20-18/h5,9,12-13H,4,6-8,10-11H2,1-3H3/b15-9-,16-13+,17-5+. The monoisotopic (exact) mass is 304 g/mol. The van der Waals surface area contributed by atoms with Gasteiger partial charge in [-0.1, -0.05) is 19.4 Å². The molecule has 2 rings (SSSR count). The average Bonchev–Trinajstić information content (AvgIpc) is 2.81. The van der Waals surface area contributed by atoms with E-state index < -0.39 is 0 Å². The summed E-state index contributed by atoms with van der Waals surface area (Å²) in [5.74, 6) is 0.394. The lowest BCUT2D eigenvalue weighted by atomic mass is 10.1. The highest BCUT2D eigenvalue weighted by Crippen LogP contribution is 2.27. The number of hydrogen-bond acceptors (Lipinski definition) is 2. The Morgan fingerprint density at radius 2 is 2.23 bits per heavy atom. The highest BCUT2D eigenvalue weighted by molar-refractivity contribution is 5.76. The summed E-state index contributed by atoms with van der Waals surface area (Å²) in [5.41, 5.74) is 2.37. The van der Waals surface area contributed by atoms with Crippen molar-refractivity contribution in [1.82, 2.24) is 9.78 Å². The molecule has 0 aromatic carbocycles. The van der Waals surface area contributed by atoms with Crippen LogP contribution < -0.4 is 0 Å². The largest absolute Gasteiger partial charge is 0.497 e. The number of nitrogens with zero attached hydrogens (tertiary/aromatic N) is 2. The Labute approximate surface area is 132 Å². The predicted molar refractivity (Wildman–Crippen MR) is 88.0 cm³/mol. The van der Waals surface area contributed by atoms with Crippen molar-refractivity contribution in [3.05, 3.63) is 47.3 Å². The van der Waals surface area contributed by atoms with E-state index in [0.29, 0.717) is 17.0 Å². The maximum absolute atomic E-state index is 14.3. The number of aryl methyl sites for hydroxylation is 2. The Bertz CT molecular complexity index is 573. The van der Waals surface area contributed by atoms with E-state index in [1.807, 2.05) is 23.7 Å². The van der Waals surface area contributed by atoms with Crippen molar-refractivity contribution in [2.75, 3.05) is 7.11 Å². The van der Waals surface area contributed by atoms with Gasteiger partial charge in [0.2, 0.25) is 0 Å². The first-order valence-electron chi connectivity index (χ1n) is 8.04. The van der Waals surface area contributed by atoms with E-state index in [1.54, 1.807) is 20.1 Å². The maximum atomic E-state index is 14.3. The first-order valence-corrected chi connectivity index (χ1v) is 8.04. The van der Waals surface area contributed by atoms with E-state index in [-0.39, 0.29) is 5.83 Å². The molecule has 1 aliphatic rings. The zero-order valence-corrected chi connectivity index (χ0v) is 13.7. The van der Waals surface area contributed by atoms with Crippen molar-refractivity contribution >= 4 is 5.57 Å². The summed E-state index contributed by atoms with van der Waals surface area (Å²) in [6.45, 7) is 4.64. The van der Waals surface area contributed by atoms with Gasteiger partial charge >= 0.3 is 0 Å². The van der Waals surface area contributed by atoms with Crippen LogP contribution in [0.3, 0.4) is 0 Å². The molecular formula is C18H25FN2O. The number of fused-ring (bicyclic) bond motifs is 1. The molecule has 0 aliphatic carbocycles. The molecule has 0 saturated heterocycles. The fraction of sp³-hybridized carbons (Fsp3) is 0.500. The number of hydrogen-bond donors (Lipinski definition) is 0. The molecule has 3 nitrogen and oxygen atoms in total. The van der Waals surface area contributed by atoms with E-state index in [4.69, 9.17) is 4.74 Å². The van der Waals surface area contributed by atoms with Crippen LogP contribution in [0.4, 0.5) is 4.39 Å². The third-order valence-electron chi connectivity index (χ3n) is 3.88. The molecule has 1 aromatic rings. The molecular weight excluding hydrogens is 279 g/mol. The molecule has 2 heterocycles. The van der Waals surface area contributed by atoms with Crippen LogP contribution >= 0.6 is 0 Å².